The zero-order valence-electron chi connectivity index (χ0n) is 8.79. The van der Waals surface area contributed by atoms with Crippen molar-refractivity contribution in [2.24, 2.45) is 0 Å². The van der Waals surface area contributed by atoms with Crippen LogP contribution >= 0.6 is 15.9 Å². The van der Waals surface area contributed by atoms with Gasteiger partial charge in [-0.2, -0.15) is 0 Å². The van der Waals surface area contributed by atoms with E-state index in [4.69, 9.17) is 4.74 Å². The first-order valence-electron chi connectivity index (χ1n) is 4.74. The maximum atomic E-state index is 11.3. The molecule has 0 unspecified atom stereocenters. The highest BCUT2D eigenvalue weighted by Crippen LogP contribution is 2.13. The Hall–Kier alpha value is -1.03. The van der Waals surface area contributed by atoms with E-state index in [0.29, 0.717) is 0 Å². The minimum absolute atomic E-state index is 0.107. The number of rotatable bonds is 3. The number of ether oxygens (including phenoxy) is 1. The first-order chi connectivity index (χ1) is 7.11. The monoisotopic (exact) mass is 271 g/mol. The zero-order chi connectivity index (χ0) is 11.3. The summed E-state index contributed by atoms with van der Waals surface area (Å²) < 4.78 is 4.97. The van der Waals surface area contributed by atoms with Crippen molar-refractivity contribution in [1.82, 2.24) is 0 Å². The molecule has 82 valence electrons. The molecular weight excluding hydrogens is 258 g/mol. The van der Waals surface area contributed by atoms with Crippen LogP contribution in [0.3, 0.4) is 0 Å². The first-order valence-corrected chi connectivity index (χ1v) is 5.86. The van der Waals surface area contributed by atoms with Gasteiger partial charge in [-0.3, -0.25) is 5.32 Å². The van der Waals surface area contributed by atoms with Crippen LogP contribution in [0.1, 0.15) is 19.4 Å². The standard InChI is InChI=1S/C11H14BrNO2/c1-8(2)15-11(14)13-10-5-3-4-9(6-10)7-12/h3-6,8H,7H2,1-2H3,(H,13,14). The van der Waals surface area contributed by atoms with Crippen molar-refractivity contribution in [3.8, 4) is 0 Å². The molecule has 0 fully saturated rings. The third-order valence-corrected chi connectivity index (χ3v) is 2.32. The Morgan fingerprint density at radius 1 is 1.53 bits per heavy atom. The second kappa shape index (κ2) is 5.75. The van der Waals surface area contributed by atoms with Crippen molar-refractivity contribution >= 4 is 27.7 Å². The van der Waals surface area contributed by atoms with E-state index in [1.54, 1.807) is 0 Å². The van der Waals surface area contributed by atoms with Gasteiger partial charge in [0.05, 0.1) is 6.10 Å². The van der Waals surface area contributed by atoms with Crippen molar-refractivity contribution in [3.63, 3.8) is 0 Å². The summed E-state index contributed by atoms with van der Waals surface area (Å²) in [7, 11) is 0. The summed E-state index contributed by atoms with van der Waals surface area (Å²) >= 11 is 3.35. The lowest BCUT2D eigenvalue weighted by Gasteiger charge is -2.09. The number of carbonyl (C=O) groups is 1. The number of halogens is 1. The Kier molecular flexibility index (Phi) is 4.62. The van der Waals surface area contributed by atoms with Gasteiger partial charge < -0.3 is 4.74 Å². The van der Waals surface area contributed by atoms with Gasteiger partial charge in [0.15, 0.2) is 0 Å². The van der Waals surface area contributed by atoms with E-state index in [0.717, 1.165) is 16.6 Å². The highest BCUT2D eigenvalue weighted by atomic mass is 79.9. The molecule has 0 aromatic heterocycles. The average Bonchev–Trinajstić information content (AvgIpc) is 2.16. The zero-order valence-corrected chi connectivity index (χ0v) is 10.4. The maximum Gasteiger partial charge on any atom is 0.411 e. The van der Waals surface area contributed by atoms with Gasteiger partial charge in [0.2, 0.25) is 0 Å². The number of benzene rings is 1. The SMILES string of the molecule is CC(C)OC(=O)Nc1cccc(CBr)c1. The van der Waals surface area contributed by atoms with Crippen LogP contribution in [0.15, 0.2) is 24.3 Å². The Balaban J connectivity index is 2.60. The molecule has 0 radical (unpaired) electrons. The van der Waals surface area contributed by atoms with E-state index in [1.165, 1.54) is 0 Å². The normalized spacial score (nSPS) is 10.1. The molecule has 1 N–H and O–H groups in total. The molecule has 15 heavy (non-hydrogen) atoms. The number of hydrogen-bond donors (Lipinski definition) is 1. The van der Waals surface area contributed by atoms with Crippen LogP contribution in [0.25, 0.3) is 0 Å². The van der Waals surface area contributed by atoms with Crippen molar-refractivity contribution in [2.45, 2.75) is 25.3 Å². The second-order valence-electron chi connectivity index (χ2n) is 3.41. The van der Waals surface area contributed by atoms with Crippen molar-refractivity contribution in [1.29, 1.82) is 0 Å². The second-order valence-corrected chi connectivity index (χ2v) is 3.97. The largest absolute Gasteiger partial charge is 0.447 e. The van der Waals surface area contributed by atoms with E-state index in [1.807, 2.05) is 38.1 Å². The molecule has 1 aromatic rings. The van der Waals surface area contributed by atoms with Gasteiger partial charge in [-0.15, -0.1) is 0 Å². The van der Waals surface area contributed by atoms with Crippen LogP contribution in [0.5, 0.6) is 0 Å². The van der Waals surface area contributed by atoms with Gasteiger partial charge in [-0.1, -0.05) is 28.1 Å². The third kappa shape index (κ3) is 4.34. The molecule has 1 amide bonds. The predicted octanol–water partition coefficient (Wildman–Crippen LogP) is 3.54. The quantitative estimate of drug-likeness (QED) is 0.855. The first kappa shape index (κ1) is 12.0. The molecule has 0 heterocycles. The predicted molar refractivity (Wildman–Crippen MR) is 64.3 cm³/mol. The molecule has 1 aromatic carbocycles. The summed E-state index contributed by atoms with van der Waals surface area (Å²) in [4.78, 5) is 11.3. The molecule has 0 bridgehead atoms. The molecule has 3 nitrogen and oxygen atoms in total. The average molecular weight is 272 g/mol. The van der Waals surface area contributed by atoms with E-state index in [9.17, 15) is 4.79 Å². The molecule has 0 aliphatic heterocycles. The van der Waals surface area contributed by atoms with Crippen molar-refractivity contribution in [3.05, 3.63) is 29.8 Å². The van der Waals surface area contributed by atoms with Gasteiger partial charge in [0.1, 0.15) is 0 Å². The molecule has 0 spiro atoms. The number of hydrogen-bond acceptors (Lipinski definition) is 2. The van der Waals surface area contributed by atoms with Gasteiger partial charge in [-0.25, -0.2) is 4.79 Å². The van der Waals surface area contributed by atoms with E-state index in [-0.39, 0.29) is 6.10 Å². The summed E-state index contributed by atoms with van der Waals surface area (Å²) in [5.74, 6) is 0. The van der Waals surface area contributed by atoms with Crippen LogP contribution in [0.4, 0.5) is 10.5 Å². The van der Waals surface area contributed by atoms with Crippen LogP contribution in [0, 0.1) is 0 Å². The smallest absolute Gasteiger partial charge is 0.411 e. The van der Waals surface area contributed by atoms with Gasteiger partial charge in [0, 0.05) is 11.0 Å². The fraction of sp³-hybridized carbons (Fsp3) is 0.364. The summed E-state index contributed by atoms with van der Waals surface area (Å²) in [5.41, 5.74) is 1.86. The van der Waals surface area contributed by atoms with Gasteiger partial charge in [0.25, 0.3) is 0 Å². The lowest BCUT2D eigenvalue weighted by atomic mass is 10.2. The lowest BCUT2D eigenvalue weighted by Crippen LogP contribution is -2.17. The van der Waals surface area contributed by atoms with Crippen LogP contribution in [-0.2, 0) is 10.1 Å². The molecule has 0 aliphatic rings. The summed E-state index contributed by atoms with van der Waals surface area (Å²) in [5, 5.41) is 3.43. The van der Waals surface area contributed by atoms with E-state index in [2.05, 4.69) is 21.2 Å². The van der Waals surface area contributed by atoms with E-state index >= 15 is 0 Å². The third-order valence-electron chi connectivity index (χ3n) is 1.67. The highest BCUT2D eigenvalue weighted by Gasteiger charge is 2.05. The van der Waals surface area contributed by atoms with Crippen LogP contribution in [-0.4, -0.2) is 12.2 Å². The fourth-order valence-electron chi connectivity index (χ4n) is 1.09. The van der Waals surface area contributed by atoms with Crippen LogP contribution < -0.4 is 5.32 Å². The fourth-order valence-corrected chi connectivity index (χ4v) is 1.44. The minimum atomic E-state index is -0.420. The number of nitrogens with one attached hydrogen (secondary N) is 1. The number of anilines is 1. The van der Waals surface area contributed by atoms with Crippen LogP contribution in [0.2, 0.25) is 0 Å². The number of amides is 1. The Bertz CT molecular complexity index is 339. The molecular formula is C11H14BrNO2. The Morgan fingerprint density at radius 3 is 2.87 bits per heavy atom. The number of carbonyl (C=O) groups excluding carboxylic acids is 1. The molecule has 4 heteroatoms. The highest BCUT2D eigenvalue weighted by molar-refractivity contribution is 9.08. The van der Waals surface area contributed by atoms with Gasteiger partial charge >= 0.3 is 6.09 Å². The molecule has 1 rings (SSSR count). The maximum absolute atomic E-state index is 11.3. The topological polar surface area (TPSA) is 38.3 Å². The Labute approximate surface area is 97.9 Å². The van der Waals surface area contributed by atoms with E-state index < -0.39 is 6.09 Å². The summed E-state index contributed by atoms with van der Waals surface area (Å²) in [6.07, 6.45) is -0.527. The molecule has 0 saturated heterocycles. The summed E-state index contributed by atoms with van der Waals surface area (Å²) in [6.45, 7) is 3.63. The molecule has 0 saturated carbocycles. The van der Waals surface area contributed by atoms with Gasteiger partial charge in [-0.05, 0) is 31.5 Å². The Morgan fingerprint density at radius 2 is 2.27 bits per heavy atom. The minimum Gasteiger partial charge on any atom is -0.447 e. The van der Waals surface area contributed by atoms with Crippen molar-refractivity contribution in [2.75, 3.05) is 5.32 Å². The molecule has 0 atom stereocenters. The number of alkyl halides is 1. The lowest BCUT2D eigenvalue weighted by molar-refractivity contribution is 0.130. The summed E-state index contributed by atoms with van der Waals surface area (Å²) in [6, 6.07) is 7.60. The molecule has 0 aliphatic carbocycles. The van der Waals surface area contributed by atoms with Crippen molar-refractivity contribution < 1.29 is 9.53 Å².